The van der Waals surface area contributed by atoms with Crippen molar-refractivity contribution in [2.45, 2.75) is 40.0 Å². The summed E-state index contributed by atoms with van der Waals surface area (Å²) < 4.78 is 0. The van der Waals surface area contributed by atoms with Crippen molar-refractivity contribution in [1.29, 1.82) is 0 Å². The van der Waals surface area contributed by atoms with E-state index in [-0.39, 0.29) is 0 Å². The van der Waals surface area contributed by atoms with Crippen LogP contribution in [0.25, 0.3) is 0 Å². The fraction of sp³-hybridized carbons (Fsp3) is 0.833. The highest BCUT2D eigenvalue weighted by atomic mass is 14.6. The third kappa shape index (κ3) is 0.901. The Kier molecular flexibility index (Phi) is 1.65. The number of allylic oxidation sites excluding steroid dienone is 1. The molecule has 0 N–H and O–H groups in total. The molecule has 0 heteroatoms. The SMILES string of the molecule is C=C(C)[C@@H]1[C@H]2CC[C@@H](C2)C1(C)C. The first-order valence-corrected chi connectivity index (χ1v) is 5.19. The van der Waals surface area contributed by atoms with Crippen LogP contribution in [0.5, 0.6) is 0 Å². The molecule has 0 spiro atoms. The lowest BCUT2D eigenvalue weighted by Crippen LogP contribution is -2.31. The lowest BCUT2D eigenvalue weighted by molar-refractivity contribution is 0.150. The number of hydrogen-bond acceptors (Lipinski definition) is 0. The molecular formula is C12H20. The summed E-state index contributed by atoms with van der Waals surface area (Å²) in [7, 11) is 0. The molecule has 0 unspecified atom stereocenters. The van der Waals surface area contributed by atoms with Crippen LogP contribution in [-0.4, -0.2) is 0 Å². The molecule has 0 amide bonds. The van der Waals surface area contributed by atoms with E-state index in [1.54, 1.807) is 0 Å². The molecule has 12 heavy (non-hydrogen) atoms. The lowest BCUT2D eigenvalue weighted by Gasteiger charge is -2.38. The summed E-state index contributed by atoms with van der Waals surface area (Å²) in [4.78, 5) is 0. The van der Waals surface area contributed by atoms with Crippen LogP contribution in [0.15, 0.2) is 12.2 Å². The molecule has 0 aromatic heterocycles. The number of rotatable bonds is 1. The number of fused-ring (bicyclic) bond motifs is 2. The summed E-state index contributed by atoms with van der Waals surface area (Å²) in [6.07, 6.45) is 4.41. The van der Waals surface area contributed by atoms with Gasteiger partial charge in [0, 0.05) is 0 Å². The Hall–Kier alpha value is -0.260. The highest BCUT2D eigenvalue weighted by Crippen LogP contribution is 2.61. The Morgan fingerprint density at radius 3 is 2.33 bits per heavy atom. The molecular weight excluding hydrogens is 144 g/mol. The molecule has 0 aromatic carbocycles. The molecule has 0 aromatic rings. The van der Waals surface area contributed by atoms with E-state index in [0.29, 0.717) is 5.41 Å². The minimum atomic E-state index is 0.550. The van der Waals surface area contributed by atoms with Crippen LogP contribution in [0, 0.1) is 23.2 Å². The highest BCUT2D eigenvalue weighted by molar-refractivity contribution is 5.13. The van der Waals surface area contributed by atoms with Crippen molar-refractivity contribution >= 4 is 0 Å². The van der Waals surface area contributed by atoms with Gasteiger partial charge < -0.3 is 0 Å². The summed E-state index contributed by atoms with van der Waals surface area (Å²) in [5, 5.41) is 0. The van der Waals surface area contributed by atoms with Crippen LogP contribution >= 0.6 is 0 Å². The minimum Gasteiger partial charge on any atom is -0.0998 e. The second kappa shape index (κ2) is 2.37. The monoisotopic (exact) mass is 164 g/mol. The van der Waals surface area contributed by atoms with Gasteiger partial charge in [-0.1, -0.05) is 26.0 Å². The quantitative estimate of drug-likeness (QED) is 0.519. The first-order chi connectivity index (χ1) is 5.53. The average molecular weight is 164 g/mol. The molecule has 68 valence electrons. The van der Waals surface area contributed by atoms with Crippen molar-refractivity contribution in [3.63, 3.8) is 0 Å². The van der Waals surface area contributed by atoms with Crippen LogP contribution in [0.4, 0.5) is 0 Å². The Labute approximate surface area is 76.1 Å². The average Bonchev–Trinajstić information content (AvgIpc) is 2.41. The fourth-order valence-electron chi connectivity index (χ4n) is 3.89. The molecule has 0 aliphatic heterocycles. The smallest absolute Gasteiger partial charge is 0.0126 e. The third-order valence-electron chi connectivity index (χ3n) is 4.33. The van der Waals surface area contributed by atoms with E-state index in [9.17, 15) is 0 Å². The van der Waals surface area contributed by atoms with Crippen LogP contribution < -0.4 is 0 Å². The van der Waals surface area contributed by atoms with Crippen molar-refractivity contribution in [3.8, 4) is 0 Å². The normalized spacial score (nSPS) is 43.4. The maximum Gasteiger partial charge on any atom is -0.0126 e. The van der Waals surface area contributed by atoms with Crippen molar-refractivity contribution in [3.05, 3.63) is 12.2 Å². The zero-order chi connectivity index (χ0) is 8.93. The number of hydrogen-bond donors (Lipinski definition) is 0. The molecule has 3 atom stereocenters. The van der Waals surface area contributed by atoms with Gasteiger partial charge >= 0.3 is 0 Å². The van der Waals surface area contributed by atoms with E-state index in [0.717, 1.165) is 17.8 Å². The fourth-order valence-corrected chi connectivity index (χ4v) is 3.89. The maximum atomic E-state index is 4.15. The Morgan fingerprint density at radius 1 is 1.33 bits per heavy atom. The second-order valence-electron chi connectivity index (χ2n) is 5.42. The van der Waals surface area contributed by atoms with Crippen LogP contribution in [0.3, 0.4) is 0 Å². The van der Waals surface area contributed by atoms with E-state index in [1.165, 1.54) is 24.8 Å². The van der Waals surface area contributed by atoms with Gasteiger partial charge in [-0.05, 0) is 49.4 Å². The maximum absolute atomic E-state index is 4.15. The van der Waals surface area contributed by atoms with E-state index in [2.05, 4.69) is 27.4 Å². The topological polar surface area (TPSA) is 0 Å². The van der Waals surface area contributed by atoms with E-state index in [4.69, 9.17) is 0 Å². The molecule has 2 saturated carbocycles. The van der Waals surface area contributed by atoms with Crippen LogP contribution in [0.1, 0.15) is 40.0 Å². The second-order valence-corrected chi connectivity index (χ2v) is 5.42. The van der Waals surface area contributed by atoms with Crippen LogP contribution in [-0.2, 0) is 0 Å². The van der Waals surface area contributed by atoms with Crippen molar-refractivity contribution in [1.82, 2.24) is 0 Å². The summed E-state index contributed by atoms with van der Waals surface area (Å²) in [6, 6.07) is 0. The molecule has 2 aliphatic rings. The van der Waals surface area contributed by atoms with Gasteiger partial charge in [-0.3, -0.25) is 0 Å². The Morgan fingerprint density at radius 2 is 2.00 bits per heavy atom. The van der Waals surface area contributed by atoms with Gasteiger partial charge in [0.2, 0.25) is 0 Å². The summed E-state index contributed by atoms with van der Waals surface area (Å²) in [5.74, 6) is 2.78. The molecule has 0 radical (unpaired) electrons. The van der Waals surface area contributed by atoms with Gasteiger partial charge in [0.15, 0.2) is 0 Å². The third-order valence-corrected chi connectivity index (χ3v) is 4.33. The molecule has 2 fully saturated rings. The Bertz CT molecular complexity index is 212. The first-order valence-electron chi connectivity index (χ1n) is 5.19. The largest absolute Gasteiger partial charge is 0.0998 e. The lowest BCUT2D eigenvalue weighted by atomic mass is 9.66. The van der Waals surface area contributed by atoms with Gasteiger partial charge in [0.05, 0.1) is 0 Å². The molecule has 0 saturated heterocycles. The van der Waals surface area contributed by atoms with E-state index in [1.807, 2.05) is 0 Å². The zero-order valence-corrected chi connectivity index (χ0v) is 8.56. The summed E-state index contributed by atoms with van der Waals surface area (Å²) in [6.45, 7) is 11.2. The van der Waals surface area contributed by atoms with Gasteiger partial charge in [-0.2, -0.15) is 0 Å². The molecule has 2 aliphatic carbocycles. The van der Waals surface area contributed by atoms with E-state index >= 15 is 0 Å². The predicted octanol–water partition coefficient (Wildman–Crippen LogP) is 3.63. The highest BCUT2D eigenvalue weighted by Gasteiger charge is 2.52. The van der Waals surface area contributed by atoms with Crippen molar-refractivity contribution in [2.75, 3.05) is 0 Å². The molecule has 2 rings (SSSR count). The standard InChI is InChI=1S/C12H20/c1-8(2)11-9-5-6-10(7-9)12(11,3)4/h9-11H,1,5-7H2,2-4H3/t9-,10-,11+/m0/s1. The zero-order valence-electron chi connectivity index (χ0n) is 8.56. The van der Waals surface area contributed by atoms with Crippen molar-refractivity contribution < 1.29 is 0 Å². The minimum absolute atomic E-state index is 0.550. The summed E-state index contributed by atoms with van der Waals surface area (Å²) in [5.41, 5.74) is 1.97. The summed E-state index contributed by atoms with van der Waals surface area (Å²) >= 11 is 0. The van der Waals surface area contributed by atoms with Gasteiger partial charge in [0.25, 0.3) is 0 Å². The van der Waals surface area contributed by atoms with Gasteiger partial charge in [-0.15, -0.1) is 0 Å². The van der Waals surface area contributed by atoms with Crippen LogP contribution in [0.2, 0.25) is 0 Å². The first kappa shape index (κ1) is 8.34. The van der Waals surface area contributed by atoms with E-state index < -0.39 is 0 Å². The van der Waals surface area contributed by atoms with Gasteiger partial charge in [0.1, 0.15) is 0 Å². The Balaban J connectivity index is 2.29. The predicted molar refractivity (Wildman–Crippen MR) is 52.9 cm³/mol. The molecule has 2 bridgehead atoms. The van der Waals surface area contributed by atoms with Gasteiger partial charge in [-0.25, -0.2) is 0 Å². The van der Waals surface area contributed by atoms with Crippen molar-refractivity contribution in [2.24, 2.45) is 23.2 Å². The molecule has 0 nitrogen and oxygen atoms in total. The molecule has 0 heterocycles.